The Labute approximate surface area is 350 Å². The first-order valence-corrected chi connectivity index (χ1v) is 14.9. The largest absolute Gasteiger partial charge is 0.388 e. The fourth-order valence-corrected chi connectivity index (χ4v) is 2.59. The monoisotopic (exact) mass is 756 g/mol. The van der Waals surface area contributed by atoms with E-state index in [9.17, 15) is 4.79 Å². The highest BCUT2D eigenvalue weighted by atomic mass is 16.5. The van der Waals surface area contributed by atoms with Gasteiger partial charge in [0.15, 0.2) is 0 Å². The molecule has 2 N–H and O–H groups in total. The second-order valence-corrected chi connectivity index (χ2v) is 8.08. The number of rotatable bonds is 4. The second kappa shape index (κ2) is 47.5. The Hall–Kier alpha value is -10.5. The van der Waals surface area contributed by atoms with Crippen LogP contribution in [0.25, 0.3) is 0 Å². The molecule has 274 valence electrons. The zero-order valence-electron chi connectivity index (χ0n) is 29.9. The Kier molecular flexibility index (Phi) is 44.6. The van der Waals surface area contributed by atoms with Crippen LogP contribution in [0.3, 0.4) is 0 Å². The number of nitrogens with zero attached hydrogens (tertiary/aromatic N) is 2. The fourth-order valence-electron chi connectivity index (χ4n) is 2.59. The summed E-state index contributed by atoms with van der Waals surface area (Å²) in [5.74, 6) is 75.7. The minimum atomic E-state index is -0.750. The van der Waals surface area contributed by atoms with Gasteiger partial charge < -0.3 is 14.9 Å². The van der Waals surface area contributed by atoms with E-state index < -0.39 is 6.79 Å². The van der Waals surface area contributed by atoms with Gasteiger partial charge in [-0.25, -0.2) is 4.79 Å². The minimum absolute atomic E-state index is 0. The van der Waals surface area contributed by atoms with E-state index in [4.69, 9.17) is 39.5 Å². The third kappa shape index (κ3) is 41.9. The van der Waals surface area contributed by atoms with Crippen LogP contribution >= 0.6 is 0 Å². The van der Waals surface area contributed by atoms with Crippen LogP contribution in [0.15, 0.2) is 53.5 Å². The van der Waals surface area contributed by atoms with Crippen LogP contribution in [0.2, 0.25) is 0 Å². The number of hydrogen-bond donors (Lipinski definition) is 2. The highest BCUT2D eigenvalue weighted by Crippen LogP contribution is 2.17. The predicted octanol–water partition coefficient (Wildman–Crippen LogP) is 4.25. The maximum Gasteiger partial charge on any atom is 0.292 e. The molecule has 0 unspecified atom stereocenters. The number of aliphatic hydroxyl groups excluding tert-OH is 1. The maximum atomic E-state index is 10.1. The highest BCUT2D eigenvalue weighted by Gasteiger charge is 1.98. The van der Waals surface area contributed by atoms with Crippen molar-refractivity contribution in [3.05, 3.63) is 59.7 Å². The molecule has 6 nitrogen and oxygen atoms in total. The third-order valence-corrected chi connectivity index (χ3v) is 4.51. The number of hydrogen-bond acceptors (Lipinski definition) is 6. The molecule has 0 atom stereocenters. The van der Waals surface area contributed by atoms with Gasteiger partial charge in [-0.3, -0.25) is 0 Å². The second-order valence-electron chi connectivity index (χ2n) is 8.08. The maximum absolute atomic E-state index is 10.1. The van der Waals surface area contributed by atoms with Crippen LogP contribution in [0.1, 0.15) is 32.9 Å². The average Bonchev–Trinajstić information content (AvgIpc) is 3.22. The molecule has 0 spiro atoms. The van der Waals surface area contributed by atoms with Crippen molar-refractivity contribution < 1.29 is 19.7 Å². The van der Waals surface area contributed by atoms with E-state index in [1.54, 1.807) is 37.4 Å². The van der Waals surface area contributed by atoms with Gasteiger partial charge >= 0.3 is 0 Å². The Morgan fingerprint density at radius 2 is 0.780 bits per heavy atom. The molecule has 2 rings (SSSR count). The first kappa shape index (κ1) is 55.3. The van der Waals surface area contributed by atoms with Crippen LogP contribution in [-0.2, 0) is 11.2 Å². The molecular weight excluding hydrogens is 729 g/mol. The number of aliphatic hydroxyl groups is 2. The number of nitriles is 1. The van der Waals surface area contributed by atoms with Crippen LogP contribution in [0, 0.1) is 214 Å². The summed E-state index contributed by atoms with van der Waals surface area (Å²) in [7, 11) is 0. The molecule has 0 radical (unpaired) electrons. The Bertz CT molecular complexity index is 2790. The summed E-state index contributed by atoms with van der Waals surface area (Å²) in [5, 5.41) is 22.6. The zero-order valence-corrected chi connectivity index (χ0v) is 29.9. The van der Waals surface area contributed by atoms with Crippen LogP contribution in [0.5, 0.6) is 5.75 Å². The molecule has 0 saturated carbocycles. The molecule has 0 aromatic heterocycles. The highest BCUT2D eigenvalue weighted by molar-refractivity contribution is 5.50. The molecular formula is C53H28N2O4. The van der Waals surface area contributed by atoms with Crippen molar-refractivity contribution in [2.24, 2.45) is 4.99 Å². The lowest BCUT2D eigenvalue weighted by atomic mass is 10.0. The van der Waals surface area contributed by atoms with Crippen LogP contribution < -0.4 is 4.74 Å². The summed E-state index contributed by atoms with van der Waals surface area (Å²) in [4.78, 5) is 13.6. The summed E-state index contributed by atoms with van der Waals surface area (Å²) in [5.41, 5.74) is 2.81. The Morgan fingerprint density at radius 3 is 1.03 bits per heavy atom. The zero-order chi connectivity index (χ0) is 42.1. The summed E-state index contributed by atoms with van der Waals surface area (Å²) in [6.45, 7) is 0.951. The number of isocyanates is 1. The topological polar surface area (TPSA) is 103 Å². The summed E-state index contributed by atoms with van der Waals surface area (Å²) >= 11 is 0. The van der Waals surface area contributed by atoms with Gasteiger partial charge in [0, 0.05) is 0 Å². The molecule has 0 bridgehead atoms. The van der Waals surface area contributed by atoms with E-state index in [1.165, 1.54) is 6.08 Å². The van der Waals surface area contributed by atoms with E-state index in [2.05, 4.69) is 189 Å². The van der Waals surface area contributed by atoms with Crippen LogP contribution in [-0.4, -0.2) is 23.1 Å². The average molecular weight is 757 g/mol. The van der Waals surface area contributed by atoms with E-state index >= 15 is 0 Å². The number of ether oxygens (including phenoxy) is 1. The fraction of sp³-hybridized carbons (Fsp3) is 0.0943. The Balaban J connectivity index is -0.000000366. The first-order valence-electron chi connectivity index (χ1n) is 14.9. The van der Waals surface area contributed by atoms with Gasteiger partial charge in [0.2, 0.25) is 6.08 Å². The normalized spacial score (nSPS) is 5.47. The smallest absolute Gasteiger partial charge is 0.292 e. The van der Waals surface area contributed by atoms with Crippen molar-refractivity contribution in [3.63, 3.8) is 0 Å². The summed E-state index contributed by atoms with van der Waals surface area (Å²) in [6, 6.07) is 14.7. The van der Waals surface area contributed by atoms with Gasteiger partial charge in [-0.1, -0.05) is 45.0 Å². The lowest BCUT2D eigenvalue weighted by molar-refractivity contribution is 0.0773. The first-order chi connectivity index (χ1) is 28.1. The molecule has 2 aromatic rings. The van der Waals surface area contributed by atoms with E-state index in [-0.39, 0.29) is 14.9 Å². The predicted molar refractivity (Wildman–Crippen MR) is 234 cm³/mol. The molecule has 0 aliphatic rings. The Morgan fingerprint density at radius 1 is 0.508 bits per heavy atom. The van der Waals surface area contributed by atoms with E-state index in [0.717, 1.165) is 17.5 Å². The van der Waals surface area contributed by atoms with Gasteiger partial charge in [-0.15, -0.1) is 24.5 Å². The molecule has 0 heterocycles. The van der Waals surface area contributed by atoms with Crippen molar-refractivity contribution in [2.75, 3.05) is 6.79 Å². The third-order valence-electron chi connectivity index (χ3n) is 4.51. The van der Waals surface area contributed by atoms with Crippen molar-refractivity contribution >= 4 is 11.8 Å². The van der Waals surface area contributed by atoms with Crippen molar-refractivity contribution in [3.8, 4) is 215 Å². The van der Waals surface area contributed by atoms with Crippen molar-refractivity contribution in [1.29, 1.82) is 5.26 Å². The van der Waals surface area contributed by atoms with Crippen LogP contribution in [0.4, 0.5) is 5.69 Å². The summed E-state index contributed by atoms with van der Waals surface area (Å²) < 4.78 is 4.71. The molecule has 2 aromatic carbocycles. The number of terminal acetylenes is 3. The molecule has 0 fully saturated rings. The minimum Gasteiger partial charge on any atom is -0.388 e. The lowest BCUT2D eigenvalue weighted by Crippen LogP contribution is -1.88. The molecule has 0 aliphatic carbocycles. The van der Waals surface area contributed by atoms with Gasteiger partial charge in [0.25, 0.3) is 6.26 Å². The van der Waals surface area contributed by atoms with E-state index in [1.807, 2.05) is 24.3 Å². The van der Waals surface area contributed by atoms with E-state index in [0.29, 0.717) is 11.4 Å². The summed E-state index contributed by atoms with van der Waals surface area (Å²) in [6.07, 6.45) is 18.5. The van der Waals surface area contributed by atoms with Gasteiger partial charge in [-0.2, -0.15) is 4.99 Å². The van der Waals surface area contributed by atoms with Crippen molar-refractivity contribution in [1.82, 2.24) is 0 Å². The quantitative estimate of drug-likeness (QED) is 0.160. The number of aliphatic imine (C=N–C) groups is 1. The lowest BCUT2D eigenvalue weighted by Gasteiger charge is -2.03. The standard InChI is InChI=1S/C18H2.C17H4.C15H10N2O2.CH4O2.2CH4/c1-3-5-7-9-11-13-15-17-18-16-14-12-10-8-6-4-2;1-3-5-7-9-11-13-15-17-16-14-12-10-8-6-4-2;16-10-19-15-7-3-13(4-8-15)9-12-1-5-14(6-2-12)17-11-18;2-1-3;;/h1-2H;1H,2H3;1-8H,9H2;2-3H,1H2;2*1H4. The molecule has 0 saturated heterocycles. The SMILES string of the molecule is C.C.C#CC#CC#CC#CC#CC#CC#CC#CC.C#CC#CC#CC#CC#CC#CC#CC#CC#C.N#COc1ccc(Cc2ccc(N=C=O)cc2)cc1.OCO. The number of benzene rings is 2. The van der Waals surface area contributed by atoms with Gasteiger partial charge in [-0.05, 0) is 226 Å². The molecule has 59 heavy (non-hydrogen) atoms. The molecule has 6 heteroatoms. The molecule has 0 amide bonds. The van der Waals surface area contributed by atoms with Gasteiger partial charge in [0.1, 0.15) is 12.5 Å². The van der Waals surface area contributed by atoms with Crippen molar-refractivity contribution in [2.45, 2.75) is 28.2 Å². The number of carbonyl (C=O) groups excluding carboxylic acids is 1. The van der Waals surface area contributed by atoms with Gasteiger partial charge in [0.05, 0.1) is 5.69 Å². The molecule has 0 aliphatic heterocycles.